The van der Waals surface area contributed by atoms with Crippen molar-refractivity contribution in [1.29, 1.82) is 0 Å². The molecule has 0 N–H and O–H groups in total. The van der Waals surface area contributed by atoms with Crippen LogP contribution in [0.4, 0.5) is 0 Å². The summed E-state index contributed by atoms with van der Waals surface area (Å²) in [5, 5.41) is 0. The molecule has 0 bridgehead atoms. The second-order valence-electron chi connectivity index (χ2n) is 4.30. The van der Waals surface area contributed by atoms with E-state index >= 15 is 0 Å². The van der Waals surface area contributed by atoms with Gasteiger partial charge >= 0.3 is 11.9 Å². The van der Waals surface area contributed by atoms with Gasteiger partial charge in [0.25, 0.3) is 0 Å². The van der Waals surface area contributed by atoms with E-state index in [-0.39, 0.29) is 12.8 Å². The first-order chi connectivity index (χ1) is 9.24. The van der Waals surface area contributed by atoms with Gasteiger partial charge in [0.15, 0.2) is 12.6 Å². The summed E-state index contributed by atoms with van der Waals surface area (Å²) < 4.78 is 25.4. The van der Waals surface area contributed by atoms with Crippen LogP contribution in [0.2, 0.25) is 0 Å². The molecular weight excluding hydrogens is 256 g/mol. The van der Waals surface area contributed by atoms with E-state index < -0.39 is 24.5 Å². The summed E-state index contributed by atoms with van der Waals surface area (Å²) in [6, 6.07) is 0. The van der Waals surface area contributed by atoms with Crippen LogP contribution in [0.25, 0.3) is 0 Å². The third kappa shape index (κ3) is 5.23. The lowest BCUT2D eigenvalue weighted by atomic mass is 10.3. The van der Waals surface area contributed by atoms with Crippen molar-refractivity contribution >= 4 is 11.9 Å². The fourth-order valence-corrected chi connectivity index (χ4v) is 1.79. The minimum absolute atomic E-state index is 0.0852. The summed E-state index contributed by atoms with van der Waals surface area (Å²) in [5.74, 6) is -1.32. The summed E-state index contributed by atoms with van der Waals surface area (Å²) in [6.07, 6.45) is 0.213. The number of hydrogen-bond acceptors (Lipinski definition) is 7. The first kappa shape index (κ1) is 14.4. The van der Waals surface area contributed by atoms with E-state index in [1.165, 1.54) is 0 Å². The average Bonchev–Trinajstić information content (AvgIpc) is 2.40. The molecule has 0 saturated carbocycles. The number of hydrogen-bond donors (Lipinski definition) is 0. The second kappa shape index (κ2) is 7.54. The molecule has 2 aliphatic heterocycles. The van der Waals surface area contributed by atoms with Gasteiger partial charge in [-0.05, 0) is 12.8 Å². The molecule has 0 aliphatic carbocycles. The van der Waals surface area contributed by atoms with Gasteiger partial charge in [-0.3, -0.25) is 9.59 Å². The van der Waals surface area contributed by atoms with Gasteiger partial charge in [0.2, 0.25) is 0 Å². The van der Waals surface area contributed by atoms with Crippen LogP contribution in [-0.2, 0) is 33.3 Å². The molecule has 2 fully saturated rings. The summed E-state index contributed by atoms with van der Waals surface area (Å²) in [7, 11) is 0. The fraction of sp³-hybridized carbons (Fsp3) is 0.833. The van der Waals surface area contributed by atoms with Gasteiger partial charge in [0, 0.05) is 0 Å². The van der Waals surface area contributed by atoms with Crippen LogP contribution in [0, 0.1) is 0 Å². The van der Waals surface area contributed by atoms with Gasteiger partial charge in [-0.25, -0.2) is 0 Å². The maximum atomic E-state index is 11.5. The number of esters is 2. The zero-order valence-corrected chi connectivity index (χ0v) is 10.7. The molecule has 108 valence electrons. The van der Waals surface area contributed by atoms with E-state index in [2.05, 4.69) is 4.74 Å². The Morgan fingerprint density at radius 3 is 1.53 bits per heavy atom. The molecule has 2 saturated heterocycles. The largest absolute Gasteiger partial charge is 0.393 e. The number of carbonyl (C=O) groups excluding carboxylic acids is 2. The molecule has 2 heterocycles. The predicted molar refractivity (Wildman–Crippen MR) is 61.0 cm³/mol. The summed E-state index contributed by atoms with van der Waals surface area (Å²) in [4.78, 5) is 23.0. The molecule has 0 spiro atoms. The first-order valence-corrected chi connectivity index (χ1v) is 6.44. The van der Waals surface area contributed by atoms with Crippen molar-refractivity contribution in [2.75, 3.05) is 26.4 Å². The van der Waals surface area contributed by atoms with E-state index in [1.54, 1.807) is 0 Å². The lowest BCUT2D eigenvalue weighted by Crippen LogP contribution is -2.31. The van der Waals surface area contributed by atoms with Gasteiger partial charge in [-0.1, -0.05) is 0 Å². The minimum Gasteiger partial charge on any atom is -0.393 e. The van der Waals surface area contributed by atoms with E-state index in [0.717, 1.165) is 12.8 Å². The van der Waals surface area contributed by atoms with Crippen molar-refractivity contribution in [3.05, 3.63) is 0 Å². The highest BCUT2D eigenvalue weighted by Crippen LogP contribution is 2.12. The Labute approximate surface area is 111 Å². The standard InChI is InChI=1S/C12H18O7/c13-9(7-11-15-3-1-4-16-11)19-10(14)8-12-17-5-2-6-18-12/h11-12H,1-8H2. The molecular formula is C12H18O7. The van der Waals surface area contributed by atoms with Crippen molar-refractivity contribution in [1.82, 2.24) is 0 Å². The monoisotopic (exact) mass is 274 g/mol. The molecule has 0 atom stereocenters. The third-order valence-electron chi connectivity index (χ3n) is 2.69. The molecule has 0 amide bonds. The Morgan fingerprint density at radius 1 is 0.789 bits per heavy atom. The molecule has 0 aromatic heterocycles. The summed E-state index contributed by atoms with van der Waals surface area (Å²) in [5.41, 5.74) is 0. The van der Waals surface area contributed by atoms with Crippen molar-refractivity contribution in [2.24, 2.45) is 0 Å². The molecule has 0 unspecified atom stereocenters. The molecule has 19 heavy (non-hydrogen) atoms. The van der Waals surface area contributed by atoms with E-state index in [0.29, 0.717) is 26.4 Å². The Balaban J connectivity index is 1.64. The first-order valence-electron chi connectivity index (χ1n) is 6.44. The maximum Gasteiger partial charge on any atom is 0.318 e. The van der Waals surface area contributed by atoms with Crippen LogP contribution in [0.5, 0.6) is 0 Å². The Hall–Kier alpha value is -1.02. The molecule has 0 radical (unpaired) electrons. The topological polar surface area (TPSA) is 80.3 Å². The van der Waals surface area contributed by atoms with Crippen molar-refractivity contribution in [3.8, 4) is 0 Å². The van der Waals surface area contributed by atoms with E-state index in [9.17, 15) is 9.59 Å². The Morgan fingerprint density at radius 2 is 1.16 bits per heavy atom. The Kier molecular flexibility index (Phi) is 5.71. The number of ether oxygens (including phenoxy) is 5. The Bertz CT molecular complexity index is 275. The fourth-order valence-electron chi connectivity index (χ4n) is 1.79. The highest BCUT2D eigenvalue weighted by Gasteiger charge is 2.24. The minimum atomic E-state index is -0.660. The molecule has 2 aliphatic rings. The summed E-state index contributed by atoms with van der Waals surface area (Å²) >= 11 is 0. The molecule has 7 nitrogen and oxygen atoms in total. The smallest absolute Gasteiger partial charge is 0.318 e. The van der Waals surface area contributed by atoms with E-state index in [4.69, 9.17) is 18.9 Å². The van der Waals surface area contributed by atoms with Gasteiger partial charge in [-0.15, -0.1) is 0 Å². The number of carbonyl (C=O) groups is 2. The van der Waals surface area contributed by atoms with Crippen molar-refractivity contribution < 1.29 is 33.3 Å². The molecule has 7 heteroatoms. The van der Waals surface area contributed by atoms with Crippen LogP contribution in [-0.4, -0.2) is 50.9 Å². The summed E-state index contributed by atoms with van der Waals surface area (Å²) in [6.45, 7) is 2.20. The zero-order chi connectivity index (χ0) is 13.5. The third-order valence-corrected chi connectivity index (χ3v) is 2.69. The SMILES string of the molecule is O=C(CC1OCCCO1)OC(=O)CC1OCCCO1. The van der Waals surface area contributed by atoms with Crippen LogP contribution in [0.3, 0.4) is 0 Å². The predicted octanol–water partition coefficient (Wildman–Crippen LogP) is 0.362. The van der Waals surface area contributed by atoms with Crippen LogP contribution < -0.4 is 0 Å². The average molecular weight is 274 g/mol. The van der Waals surface area contributed by atoms with Crippen molar-refractivity contribution in [2.45, 2.75) is 38.3 Å². The van der Waals surface area contributed by atoms with Gasteiger partial charge in [0.1, 0.15) is 0 Å². The van der Waals surface area contributed by atoms with Gasteiger partial charge in [0.05, 0.1) is 39.3 Å². The lowest BCUT2D eigenvalue weighted by Gasteiger charge is -2.23. The van der Waals surface area contributed by atoms with Crippen LogP contribution in [0.1, 0.15) is 25.7 Å². The second-order valence-corrected chi connectivity index (χ2v) is 4.30. The van der Waals surface area contributed by atoms with Crippen LogP contribution >= 0.6 is 0 Å². The number of rotatable bonds is 4. The van der Waals surface area contributed by atoms with Gasteiger partial charge < -0.3 is 23.7 Å². The highest BCUT2D eigenvalue weighted by atomic mass is 16.7. The maximum absolute atomic E-state index is 11.5. The van der Waals surface area contributed by atoms with Gasteiger partial charge in [-0.2, -0.15) is 0 Å². The highest BCUT2D eigenvalue weighted by molar-refractivity contribution is 5.85. The quantitative estimate of drug-likeness (QED) is 0.541. The van der Waals surface area contributed by atoms with Crippen molar-refractivity contribution in [3.63, 3.8) is 0 Å². The lowest BCUT2D eigenvalue weighted by molar-refractivity contribution is -0.199. The van der Waals surface area contributed by atoms with Crippen LogP contribution in [0.15, 0.2) is 0 Å². The normalized spacial score (nSPS) is 22.1. The molecule has 0 aromatic rings. The molecule has 0 aromatic carbocycles. The van der Waals surface area contributed by atoms with E-state index in [1.807, 2.05) is 0 Å². The molecule has 2 rings (SSSR count). The zero-order valence-electron chi connectivity index (χ0n) is 10.7.